The van der Waals surface area contributed by atoms with Crippen LogP contribution in [0.25, 0.3) is 0 Å². The van der Waals surface area contributed by atoms with Gasteiger partial charge in [-0.2, -0.15) is 0 Å². The zero-order chi connectivity index (χ0) is 9.97. The molecule has 0 fully saturated rings. The zero-order valence-corrected chi connectivity index (χ0v) is 8.93. The number of hydrogen-bond donors (Lipinski definition) is 1. The number of hydrogen-bond acceptors (Lipinski definition) is 1. The van der Waals surface area contributed by atoms with Crippen LogP contribution in [0.1, 0.15) is 36.3 Å². The molecule has 1 aromatic carbocycles. The monoisotopic (exact) mass is 210 g/mol. The molecule has 14 heavy (non-hydrogen) atoms. The smallest absolute Gasteiger partial charge is 0.0436 e. The number of halogens is 1. The van der Waals surface area contributed by atoms with E-state index in [1.165, 1.54) is 24.0 Å². The van der Waals surface area contributed by atoms with E-state index in [1.807, 2.05) is 6.07 Å². The third-order valence-electron chi connectivity index (χ3n) is 3.02. The second kappa shape index (κ2) is 4.33. The molecule has 1 atom stereocenters. The van der Waals surface area contributed by atoms with E-state index in [1.54, 1.807) is 0 Å². The molecule has 0 spiro atoms. The fourth-order valence-electron chi connectivity index (χ4n) is 2.34. The molecule has 0 aliphatic heterocycles. The summed E-state index contributed by atoms with van der Waals surface area (Å²) in [7, 11) is 0. The van der Waals surface area contributed by atoms with Crippen molar-refractivity contribution < 1.29 is 5.11 Å². The van der Waals surface area contributed by atoms with Crippen molar-refractivity contribution in [2.75, 3.05) is 6.61 Å². The van der Waals surface area contributed by atoms with Gasteiger partial charge in [0.25, 0.3) is 0 Å². The third kappa shape index (κ3) is 1.94. The molecule has 0 radical (unpaired) electrons. The average Bonchev–Trinajstić information content (AvgIpc) is 2.18. The van der Waals surface area contributed by atoms with Crippen molar-refractivity contribution in [3.8, 4) is 0 Å². The van der Waals surface area contributed by atoms with E-state index in [4.69, 9.17) is 16.7 Å². The fraction of sp³-hybridized carbons (Fsp3) is 0.500. The van der Waals surface area contributed by atoms with E-state index >= 15 is 0 Å². The van der Waals surface area contributed by atoms with Crippen LogP contribution in [0.3, 0.4) is 0 Å². The van der Waals surface area contributed by atoms with Crippen molar-refractivity contribution in [2.45, 2.75) is 31.6 Å². The van der Waals surface area contributed by atoms with Crippen molar-refractivity contribution in [2.24, 2.45) is 0 Å². The van der Waals surface area contributed by atoms with Crippen molar-refractivity contribution >= 4 is 11.6 Å². The van der Waals surface area contributed by atoms with Crippen LogP contribution < -0.4 is 0 Å². The molecule has 1 aliphatic rings. The van der Waals surface area contributed by atoms with Crippen LogP contribution in [-0.4, -0.2) is 11.7 Å². The van der Waals surface area contributed by atoms with E-state index in [9.17, 15) is 0 Å². The molecule has 0 aromatic heterocycles. The quantitative estimate of drug-likeness (QED) is 0.795. The van der Waals surface area contributed by atoms with Crippen LogP contribution in [-0.2, 0) is 6.42 Å². The second-order valence-electron chi connectivity index (χ2n) is 3.94. The maximum Gasteiger partial charge on any atom is 0.0436 e. The summed E-state index contributed by atoms with van der Waals surface area (Å²) in [4.78, 5) is 0. The number of benzene rings is 1. The Bertz CT molecular complexity index is 322. The highest BCUT2D eigenvalue weighted by Crippen LogP contribution is 2.34. The van der Waals surface area contributed by atoms with E-state index in [0.717, 1.165) is 17.9 Å². The molecule has 1 aliphatic carbocycles. The predicted octanol–water partition coefficient (Wildman–Crippen LogP) is 3.14. The van der Waals surface area contributed by atoms with Gasteiger partial charge in [0.05, 0.1) is 0 Å². The maximum atomic E-state index is 8.97. The Morgan fingerprint density at radius 1 is 1.43 bits per heavy atom. The van der Waals surface area contributed by atoms with Gasteiger partial charge in [0.1, 0.15) is 0 Å². The van der Waals surface area contributed by atoms with Gasteiger partial charge in [0, 0.05) is 11.6 Å². The summed E-state index contributed by atoms with van der Waals surface area (Å²) in [5, 5.41) is 9.80. The highest BCUT2D eigenvalue weighted by Gasteiger charge is 2.19. The Hall–Kier alpha value is -0.530. The lowest BCUT2D eigenvalue weighted by atomic mass is 9.81. The summed E-state index contributed by atoms with van der Waals surface area (Å²) in [6.07, 6.45) is 4.44. The molecule has 1 aromatic rings. The predicted molar refractivity (Wildman–Crippen MR) is 58.8 cm³/mol. The van der Waals surface area contributed by atoms with Gasteiger partial charge in [-0.1, -0.05) is 17.7 Å². The number of aryl methyl sites for hydroxylation is 1. The summed E-state index contributed by atoms with van der Waals surface area (Å²) in [5.74, 6) is 0.543. The Morgan fingerprint density at radius 3 is 3.07 bits per heavy atom. The van der Waals surface area contributed by atoms with Gasteiger partial charge in [-0.05, 0) is 54.9 Å². The molecule has 0 saturated carbocycles. The lowest BCUT2D eigenvalue weighted by molar-refractivity contribution is 0.269. The molecular weight excluding hydrogens is 196 g/mol. The molecule has 1 N–H and O–H groups in total. The van der Waals surface area contributed by atoms with E-state index in [-0.39, 0.29) is 6.61 Å². The van der Waals surface area contributed by atoms with E-state index in [0.29, 0.717) is 5.92 Å². The minimum atomic E-state index is 0.284. The summed E-state index contributed by atoms with van der Waals surface area (Å²) in [6, 6.07) is 6.15. The first-order chi connectivity index (χ1) is 6.81. The van der Waals surface area contributed by atoms with E-state index in [2.05, 4.69) is 12.1 Å². The standard InChI is InChI=1S/C12H15ClO/c13-11-4-5-12-9(6-7-14)2-1-3-10(12)8-11/h4-5,8-9,14H,1-3,6-7H2. The van der Waals surface area contributed by atoms with Gasteiger partial charge < -0.3 is 5.11 Å². The number of rotatable bonds is 2. The summed E-state index contributed by atoms with van der Waals surface area (Å²) < 4.78 is 0. The molecule has 76 valence electrons. The Labute approximate surface area is 89.7 Å². The van der Waals surface area contributed by atoms with Crippen molar-refractivity contribution in [3.05, 3.63) is 34.3 Å². The number of fused-ring (bicyclic) bond motifs is 1. The SMILES string of the molecule is OCCC1CCCc2cc(Cl)ccc21. The van der Waals surface area contributed by atoms with Crippen molar-refractivity contribution in [1.29, 1.82) is 0 Å². The minimum Gasteiger partial charge on any atom is -0.396 e. The normalized spacial score (nSPS) is 20.6. The van der Waals surface area contributed by atoms with Gasteiger partial charge in [0.15, 0.2) is 0 Å². The first kappa shape index (κ1) is 10.0. The maximum absolute atomic E-state index is 8.97. The van der Waals surface area contributed by atoms with Gasteiger partial charge in [-0.15, -0.1) is 0 Å². The van der Waals surface area contributed by atoms with Crippen LogP contribution in [0.4, 0.5) is 0 Å². The van der Waals surface area contributed by atoms with Crippen molar-refractivity contribution in [3.63, 3.8) is 0 Å². The molecule has 0 saturated heterocycles. The summed E-state index contributed by atoms with van der Waals surface area (Å²) >= 11 is 5.95. The van der Waals surface area contributed by atoms with Crippen LogP contribution >= 0.6 is 11.6 Å². The van der Waals surface area contributed by atoms with Gasteiger partial charge in [0.2, 0.25) is 0 Å². The lowest BCUT2D eigenvalue weighted by Gasteiger charge is -2.25. The largest absolute Gasteiger partial charge is 0.396 e. The van der Waals surface area contributed by atoms with Gasteiger partial charge in [-0.25, -0.2) is 0 Å². The first-order valence-corrected chi connectivity index (χ1v) is 5.58. The number of aliphatic hydroxyl groups excluding tert-OH is 1. The molecule has 0 bridgehead atoms. The topological polar surface area (TPSA) is 20.2 Å². The molecule has 1 nitrogen and oxygen atoms in total. The number of aliphatic hydroxyl groups is 1. The molecule has 0 amide bonds. The molecule has 0 heterocycles. The van der Waals surface area contributed by atoms with Crippen molar-refractivity contribution in [1.82, 2.24) is 0 Å². The van der Waals surface area contributed by atoms with Crippen LogP contribution in [0.15, 0.2) is 18.2 Å². The third-order valence-corrected chi connectivity index (χ3v) is 3.26. The highest BCUT2D eigenvalue weighted by molar-refractivity contribution is 6.30. The van der Waals surface area contributed by atoms with Crippen LogP contribution in [0.2, 0.25) is 5.02 Å². The zero-order valence-electron chi connectivity index (χ0n) is 8.17. The van der Waals surface area contributed by atoms with Crippen LogP contribution in [0, 0.1) is 0 Å². The lowest BCUT2D eigenvalue weighted by Crippen LogP contribution is -2.10. The second-order valence-corrected chi connectivity index (χ2v) is 4.38. The average molecular weight is 211 g/mol. The summed E-state index contributed by atoms with van der Waals surface area (Å²) in [6.45, 7) is 0.284. The van der Waals surface area contributed by atoms with Crippen LogP contribution in [0.5, 0.6) is 0 Å². The molecule has 1 unspecified atom stereocenters. The Kier molecular flexibility index (Phi) is 3.09. The molecule has 2 rings (SSSR count). The van der Waals surface area contributed by atoms with Gasteiger partial charge >= 0.3 is 0 Å². The fourth-order valence-corrected chi connectivity index (χ4v) is 2.53. The Morgan fingerprint density at radius 2 is 2.29 bits per heavy atom. The summed E-state index contributed by atoms with van der Waals surface area (Å²) in [5.41, 5.74) is 2.77. The Balaban J connectivity index is 2.30. The highest BCUT2D eigenvalue weighted by atomic mass is 35.5. The molecule has 2 heteroatoms. The first-order valence-electron chi connectivity index (χ1n) is 5.20. The minimum absolute atomic E-state index is 0.284. The van der Waals surface area contributed by atoms with Gasteiger partial charge in [-0.3, -0.25) is 0 Å². The molecular formula is C12H15ClO. The van der Waals surface area contributed by atoms with E-state index < -0.39 is 0 Å².